The SMILES string of the molecule is FC(F)=C(F)SCc1ccccc1. The van der Waals surface area contributed by atoms with Crippen molar-refractivity contribution in [1.29, 1.82) is 0 Å². The quantitative estimate of drug-likeness (QED) is 0.718. The predicted octanol–water partition coefficient (Wildman–Crippen LogP) is 3.95. The van der Waals surface area contributed by atoms with E-state index in [1.54, 1.807) is 24.3 Å². The Morgan fingerprint density at radius 3 is 2.23 bits per heavy atom. The van der Waals surface area contributed by atoms with Crippen LogP contribution in [-0.4, -0.2) is 0 Å². The maximum absolute atomic E-state index is 12.3. The molecule has 0 unspecified atom stereocenters. The summed E-state index contributed by atoms with van der Waals surface area (Å²) in [6.45, 7) is 0. The Bertz CT molecular complexity index is 291. The predicted molar refractivity (Wildman–Crippen MR) is 48.1 cm³/mol. The summed E-state index contributed by atoms with van der Waals surface area (Å²) in [6, 6.07) is 8.90. The maximum atomic E-state index is 12.3. The Balaban J connectivity index is 2.49. The van der Waals surface area contributed by atoms with Gasteiger partial charge in [-0.2, -0.15) is 13.2 Å². The summed E-state index contributed by atoms with van der Waals surface area (Å²) in [5.74, 6) is 0.226. The molecular formula is C9H7F3S. The first-order chi connectivity index (χ1) is 6.20. The highest BCUT2D eigenvalue weighted by Gasteiger charge is 2.05. The molecule has 0 atom stereocenters. The van der Waals surface area contributed by atoms with Crippen molar-refractivity contribution >= 4 is 11.8 Å². The highest BCUT2D eigenvalue weighted by Crippen LogP contribution is 2.26. The van der Waals surface area contributed by atoms with Crippen LogP contribution < -0.4 is 0 Å². The number of rotatable bonds is 3. The molecule has 0 heterocycles. The van der Waals surface area contributed by atoms with Crippen molar-refractivity contribution in [2.75, 3.05) is 0 Å². The van der Waals surface area contributed by atoms with Crippen LogP contribution >= 0.6 is 11.8 Å². The Labute approximate surface area is 78.5 Å². The van der Waals surface area contributed by atoms with Crippen molar-refractivity contribution in [3.05, 3.63) is 47.1 Å². The number of hydrogen-bond donors (Lipinski definition) is 0. The summed E-state index contributed by atoms with van der Waals surface area (Å²) in [6.07, 6.45) is -2.25. The molecule has 0 saturated heterocycles. The number of halogens is 3. The third-order valence-corrected chi connectivity index (χ3v) is 2.24. The molecule has 0 fully saturated rings. The lowest BCUT2D eigenvalue weighted by atomic mass is 10.2. The van der Waals surface area contributed by atoms with Gasteiger partial charge in [-0.05, 0) is 5.56 Å². The first kappa shape index (κ1) is 10.2. The molecule has 1 rings (SSSR count). The molecule has 0 radical (unpaired) electrons. The van der Waals surface area contributed by atoms with Crippen molar-refractivity contribution in [1.82, 2.24) is 0 Å². The van der Waals surface area contributed by atoms with Gasteiger partial charge in [-0.25, -0.2) is 0 Å². The molecule has 0 nitrogen and oxygen atoms in total. The molecule has 4 heteroatoms. The van der Waals surface area contributed by atoms with Gasteiger partial charge in [0, 0.05) is 5.75 Å². The molecule has 0 bridgehead atoms. The van der Waals surface area contributed by atoms with Crippen LogP contribution in [0.15, 0.2) is 41.6 Å². The molecule has 0 amide bonds. The molecule has 0 aliphatic heterocycles. The van der Waals surface area contributed by atoms with Crippen molar-refractivity contribution in [3.8, 4) is 0 Å². The first-order valence-electron chi connectivity index (χ1n) is 3.57. The highest BCUT2D eigenvalue weighted by atomic mass is 32.2. The summed E-state index contributed by atoms with van der Waals surface area (Å²) in [4.78, 5) is 0. The average Bonchev–Trinajstić information content (AvgIpc) is 2.15. The Morgan fingerprint density at radius 2 is 1.69 bits per heavy atom. The van der Waals surface area contributed by atoms with E-state index in [0.29, 0.717) is 11.8 Å². The van der Waals surface area contributed by atoms with Crippen LogP contribution in [0, 0.1) is 0 Å². The maximum Gasteiger partial charge on any atom is 0.312 e. The van der Waals surface area contributed by atoms with E-state index in [4.69, 9.17) is 0 Å². The van der Waals surface area contributed by atoms with Crippen molar-refractivity contribution in [2.24, 2.45) is 0 Å². The van der Waals surface area contributed by atoms with E-state index < -0.39 is 11.2 Å². The van der Waals surface area contributed by atoms with E-state index in [0.717, 1.165) is 5.56 Å². The van der Waals surface area contributed by atoms with E-state index >= 15 is 0 Å². The normalized spacial score (nSPS) is 9.77. The van der Waals surface area contributed by atoms with Crippen LogP contribution in [0.4, 0.5) is 13.2 Å². The zero-order valence-corrected chi connectivity index (χ0v) is 7.45. The van der Waals surface area contributed by atoms with Gasteiger partial charge in [0.05, 0.1) is 0 Å². The van der Waals surface area contributed by atoms with Gasteiger partial charge in [-0.1, -0.05) is 42.1 Å². The second kappa shape index (κ2) is 4.97. The van der Waals surface area contributed by atoms with Gasteiger partial charge in [0.25, 0.3) is 0 Å². The number of thioether (sulfide) groups is 1. The lowest BCUT2D eigenvalue weighted by Crippen LogP contribution is -1.78. The first-order valence-corrected chi connectivity index (χ1v) is 4.56. The summed E-state index contributed by atoms with van der Waals surface area (Å²) in [5.41, 5.74) is 0.823. The third kappa shape index (κ3) is 3.55. The van der Waals surface area contributed by atoms with E-state index in [9.17, 15) is 13.2 Å². The summed E-state index contributed by atoms with van der Waals surface area (Å²) in [5, 5.41) is -1.40. The molecular weight excluding hydrogens is 197 g/mol. The Kier molecular flexibility index (Phi) is 3.89. The smallest absolute Gasteiger partial charge is 0.193 e. The molecule has 0 saturated carbocycles. The fourth-order valence-corrected chi connectivity index (χ4v) is 1.37. The molecule has 0 N–H and O–H groups in total. The second-order valence-corrected chi connectivity index (χ2v) is 3.24. The van der Waals surface area contributed by atoms with Crippen molar-refractivity contribution < 1.29 is 13.2 Å². The Hall–Kier alpha value is -0.900. The molecule has 13 heavy (non-hydrogen) atoms. The van der Waals surface area contributed by atoms with E-state index in [2.05, 4.69) is 0 Å². The van der Waals surface area contributed by atoms with Crippen molar-refractivity contribution in [3.63, 3.8) is 0 Å². The standard InChI is InChI=1S/C9H7F3S/c10-8(11)9(12)13-6-7-4-2-1-3-5-7/h1-5H,6H2. The van der Waals surface area contributed by atoms with Gasteiger partial charge in [0.2, 0.25) is 5.16 Å². The van der Waals surface area contributed by atoms with Crippen LogP contribution in [0.25, 0.3) is 0 Å². The molecule has 0 aromatic heterocycles. The van der Waals surface area contributed by atoms with Gasteiger partial charge in [0.15, 0.2) is 0 Å². The van der Waals surface area contributed by atoms with Gasteiger partial charge in [-0.15, -0.1) is 0 Å². The van der Waals surface area contributed by atoms with Gasteiger partial charge >= 0.3 is 6.08 Å². The van der Waals surface area contributed by atoms with E-state index in [1.807, 2.05) is 6.07 Å². The molecule has 0 spiro atoms. The van der Waals surface area contributed by atoms with Gasteiger partial charge < -0.3 is 0 Å². The van der Waals surface area contributed by atoms with E-state index in [-0.39, 0.29) is 5.75 Å². The second-order valence-electron chi connectivity index (χ2n) is 2.31. The lowest BCUT2D eigenvalue weighted by molar-refractivity contribution is 0.395. The molecule has 1 aromatic rings. The molecule has 70 valence electrons. The highest BCUT2D eigenvalue weighted by molar-refractivity contribution is 8.02. The Morgan fingerprint density at radius 1 is 1.08 bits per heavy atom. The van der Waals surface area contributed by atoms with Gasteiger partial charge in [-0.3, -0.25) is 0 Å². The van der Waals surface area contributed by atoms with E-state index in [1.165, 1.54) is 0 Å². The van der Waals surface area contributed by atoms with Crippen LogP contribution in [0.2, 0.25) is 0 Å². The number of hydrogen-bond acceptors (Lipinski definition) is 1. The zero-order valence-electron chi connectivity index (χ0n) is 6.64. The molecule has 0 aliphatic rings. The van der Waals surface area contributed by atoms with Crippen LogP contribution in [0.1, 0.15) is 5.56 Å². The monoisotopic (exact) mass is 204 g/mol. The van der Waals surface area contributed by atoms with Crippen LogP contribution in [0.5, 0.6) is 0 Å². The third-order valence-electron chi connectivity index (χ3n) is 1.36. The fraction of sp³-hybridized carbons (Fsp3) is 0.111. The zero-order chi connectivity index (χ0) is 9.68. The minimum Gasteiger partial charge on any atom is -0.193 e. The fourth-order valence-electron chi connectivity index (χ4n) is 0.775. The minimum absolute atomic E-state index is 0.226. The average molecular weight is 204 g/mol. The van der Waals surface area contributed by atoms with Crippen molar-refractivity contribution in [2.45, 2.75) is 5.75 Å². The summed E-state index contributed by atoms with van der Waals surface area (Å²) in [7, 11) is 0. The lowest BCUT2D eigenvalue weighted by Gasteiger charge is -1.97. The van der Waals surface area contributed by atoms with Crippen LogP contribution in [-0.2, 0) is 5.75 Å². The summed E-state index contributed by atoms with van der Waals surface area (Å²) < 4.78 is 35.5. The number of benzene rings is 1. The molecule has 1 aromatic carbocycles. The topological polar surface area (TPSA) is 0 Å². The minimum atomic E-state index is -2.25. The largest absolute Gasteiger partial charge is 0.312 e. The molecule has 0 aliphatic carbocycles. The summed E-state index contributed by atoms with van der Waals surface area (Å²) >= 11 is 0.501. The van der Waals surface area contributed by atoms with Gasteiger partial charge in [0.1, 0.15) is 0 Å². The van der Waals surface area contributed by atoms with Crippen LogP contribution in [0.3, 0.4) is 0 Å².